The summed E-state index contributed by atoms with van der Waals surface area (Å²) < 4.78 is 43.2. The van der Waals surface area contributed by atoms with Crippen molar-refractivity contribution in [3.8, 4) is 16.9 Å². The molecule has 1 aliphatic rings. The second kappa shape index (κ2) is 8.34. The van der Waals surface area contributed by atoms with Crippen molar-refractivity contribution in [2.75, 3.05) is 0 Å². The topological polar surface area (TPSA) is 48.3 Å². The van der Waals surface area contributed by atoms with Crippen molar-refractivity contribution < 1.29 is 27.5 Å². The average Bonchev–Trinajstić information content (AvgIpc) is 3.11. The van der Waals surface area contributed by atoms with Gasteiger partial charge >= 0.3 is 6.36 Å². The van der Waals surface area contributed by atoms with Crippen LogP contribution >= 0.6 is 15.9 Å². The molecule has 2 heterocycles. The maximum absolute atomic E-state index is 12.9. The van der Waals surface area contributed by atoms with Crippen molar-refractivity contribution in [3.63, 3.8) is 0 Å². The Morgan fingerprint density at radius 2 is 1.61 bits per heavy atom. The Morgan fingerprint density at radius 3 is 2.23 bits per heavy atom. The van der Waals surface area contributed by atoms with Crippen molar-refractivity contribution >= 4 is 27.5 Å². The first-order chi connectivity index (χ1) is 14.7. The predicted molar refractivity (Wildman–Crippen MR) is 112 cm³/mol. The van der Waals surface area contributed by atoms with Crippen molar-refractivity contribution in [3.05, 3.63) is 76.5 Å². The summed E-state index contributed by atoms with van der Waals surface area (Å²) in [5.41, 5.74) is 2.92. The van der Waals surface area contributed by atoms with E-state index in [-0.39, 0.29) is 23.7 Å². The number of rotatable bonds is 5. The summed E-state index contributed by atoms with van der Waals surface area (Å²) in [5.74, 6) is -0.224. The fourth-order valence-electron chi connectivity index (χ4n) is 3.78. The zero-order chi connectivity index (χ0) is 22.2. The Labute approximate surface area is 184 Å². The molecule has 1 aliphatic heterocycles. The summed E-state index contributed by atoms with van der Waals surface area (Å²) >= 11 is 3.42. The van der Waals surface area contributed by atoms with E-state index >= 15 is 0 Å². The lowest BCUT2D eigenvalue weighted by Gasteiger charge is -2.25. The average molecular weight is 492 g/mol. The third kappa shape index (κ3) is 4.74. The van der Waals surface area contributed by atoms with Crippen LogP contribution in [0.2, 0.25) is 0 Å². The van der Waals surface area contributed by atoms with Gasteiger partial charge in [0.25, 0.3) is 0 Å². The fourth-order valence-corrected chi connectivity index (χ4v) is 4.35. The molecule has 0 bridgehead atoms. The highest BCUT2D eigenvalue weighted by atomic mass is 79.9. The van der Waals surface area contributed by atoms with Gasteiger partial charge in [-0.05, 0) is 63.3 Å². The van der Waals surface area contributed by atoms with Gasteiger partial charge in [0.05, 0.1) is 16.3 Å². The van der Waals surface area contributed by atoms with Crippen LogP contribution in [0.3, 0.4) is 0 Å². The lowest BCUT2D eigenvalue weighted by Crippen LogP contribution is -2.29. The third-order valence-electron chi connectivity index (χ3n) is 5.24. The number of alkyl halides is 3. The van der Waals surface area contributed by atoms with Crippen LogP contribution in [0.1, 0.15) is 34.9 Å². The molecule has 0 amide bonds. The van der Waals surface area contributed by atoms with E-state index < -0.39 is 12.4 Å². The van der Waals surface area contributed by atoms with Crippen LogP contribution in [0.5, 0.6) is 5.75 Å². The van der Waals surface area contributed by atoms with Gasteiger partial charge in [-0.3, -0.25) is 9.59 Å². The van der Waals surface area contributed by atoms with Gasteiger partial charge in [0.15, 0.2) is 11.6 Å². The number of hydrogen-bond donors (Lipinski definition) is 0. The molecule has 1 atom stereocenters. The highest BCUT2D eigenvalue weighted by Crippen LogP contribution is 2.32. The van der Waals surface area contributed by atoms with Crippen LogP contribution in [-0.2, 0) is 11.2 Å². The lowest BCUT2D eigenvalue weighted by atomic mass is 9.94. The Morgan fingerprint density at radius 1 is 1.00 bits per heavy atom. The number of carbonyl (C=O) groups excluding carboxylic acids is 2. The summed E-state index contributed by atoms with van der Waals surface area (Å²) in [6.07, 6.45) is -3.68. The first-order valence-electron chi connectivity index (χ1n) is 9.59. The van der Waals surface area contributed by atoms with Gasteiger partial charge in [-0.15, -0.1) is 13.2 Å². The Balaban J connectivity index is 1.46. The molecule has 160 valence electrons. The monoisotopic (exact) mass is 491 g/mol. The number of nitrogens with zero attached hydrogens (tertiary/aromatic N) is 1. The standard InChI is InChI=1S/C23H17BrF3NO3/c24-22-12-10-18-20(29)11-9-19(28(18)22)21(30)13-14-1-3-15(4-2-14)16-5-7-17(8-6-16)31-23(25,26)27/h1-8,10,12,19H,9,11,13H2. The first-order valence-corrected chi connectivity index (χ1v) is 10.4. The van der Waals surface area contributed by atoms with Crippen LogP contribution < -0.4 is 4.74 Å². The normalized spacial score (nSPS) is 16.1. The summed E-state index contributed by atoms with van der Waals surface area (Å²) in [7, 11) is 0. The minimum Gasteiger partial charge on any atom is -0.406 e. The minimum absolute atomic E-state index is 0.0204. The van der Waals surface area contributed by atoms with Gasteiger partial charge in [-0.25, -0.2) is 0 Å². The smallest absolute Gasteiger partial charge is 0.406 e. The molecule has 0 saturated carbocycles. The van der Waals surface area contributed by atoms with E-state index in [9.17, 15) is 22.8 Å². The van der Waals surface area contributed by atoms with Gasteiger partial charge in [0.2, 0.25) is 0 Å². The zero-order valence-electron chi connectivity index (χ0n) is 16.2. The van der Waals surface area contributed by atoms with Gasteiger partial charge < -0.3 is 9.30 Å². The molecule has 0 radical (unpaired) electrons. The van der Waals surface area contributed by atoms with Crippen LogP contribution in [0.25, 0.3) is 11.1 Å². The second-order valence-electron chi connectivity index (χ2n) is 7.30. The van der Waals surface area contributed by atoms with Gasteiger partial charge in [-0.2, -0.15) is 0 Å². The predicted octanol–water partition coefficient (Wildman–Crippen LogP) is 6.15. The van der Waals surface area contributed by atoms with Gasteiger partial charge in [0, 0.05) is 12.8 Å². The highest BCUT2D eigenvalue weighted by molar-refractivity contribution is 9.10. The van der Waals surface area contributed by atoms with Gasteiger partial charge in [-0.1, -0.05) is 36.4 Å². The molecule has 0 N–H and O–H groups in total. The Kier molecular flexibility index (Phi) is 5.75. The molecule has 1 aromatic heterocycles. The Hall–Kier alpha value is -2.87. The molecule has 31 heavy (non-hydrogen) atoms. The molecule has 1 unspecified atom stereocenters. The van der Waals surface area contributed by atoms with Crippen molar-refractivity contribution in [2.24, 2.45) is 0 Å². The molecule has 0 fully saturated rings. The molecular weight excluding hydrogens is 475 g/mol. The molecule has 0 aliphatic carbocycles. The molecule has 8 heteroatoms. The second-order valence-corrected chi connectivity index (χ2v) is 8.11. The molecule has 4 rings (SSSR count). The molecule has 3 aromatic rings. The van der Waals surface area contributed by atoms with E-state index in [2.05, 4.69) is 20.7 Å². The summed E-state index contributed by atoms with van der Waals surface area (Å²) in [6.45, 7) is 0. The van der Waals surface area contributed by atoms with Gasteiger partial charge in [0.1, 0.15) is 5.75 Å². The number of fused-ring (bicyclic) bond motifs is 1. The summed E-state index contributed by atoms with van der Waals surface area (Å²) in [6, 6.07) is 16.0. The fraction of sp³-hybridized carbons (Fsp3) is 0.217. The number of carbonyl (C=O) groups is 2. The number of ether oxygens (including phenoxy) is 1. The number of benzene rings is 2. The highest BCUT2D eigenvalue weighted by Gasteiger charge is 2.32. The van der Waals surface area contributed by atoms with Crippen LogP contribution in [0, 0.1) is 0 Å². The zero-order valence-corrected chi connectivity index (χ0v) is 17.7. The SMILES string of the molecule is O=C1CCC(C(=O)Cc2ccc(-c3ccc(OC(F)(F)F)cc3)cc2)n2c(Br)ccc21. The first kappa shape index (κ1) is 21.4. The van der Waals surface area contributed by atoms with E-state index in [1.807, 2.05) is 24.3 Å². The maximum Gasteiger partial charge on any atom is 0.573 e. The van der Waals surface area contributed by atoms with E-state index in [1.165, 1.54) is 12.1 Å². The van der Waals surface area contributed by atoms with Crippen molar-refractivity contribution in [1.29, 1.82) is 0 Å². The van der Waals surface area contributed by atoms with E-state index in [4.69, 9.17) is 0 Å². The number of halogens is 4. The Bertz CT molecular complexity index is 1120. The molecular formula is C23H17BrF3NO3. The molecule has 2 aromatic carbocycles. The van der Waals surface area contributed by atoms with Crippen LogP contribution in [-0.4, -0.2) is 22.5 Å². The number of ketones is 2. The largest absolute Gasteiger partial charge is 0.573 e. The number of hydrogen-bond acceptors (Lipinski definition) is 3. The summed E-state index contributed by atoms with van der Waals surface area (Å²) in [4.78, 5) is 25.0. The summed E-state index contributed by atoms with van der Waals surface area (Å²) in [5, 5.41) is 0. The van der Waals surface area contributed by atoms with E-state index in [0.29, 0.717) is 23.1 Å². The van der Waals surface area contributed by atoms with Crippen LogP contribution in [0.15, 0.2) is 65.3 Å². The third-order valence-corrected chi connectivity index (χ3v) is 5.88. The van der Waals surface area contributed by atoms with E-state index in [0.717, 1.165) is 16.7 Å². The molecule has 0 saturated heterocycles. The number of aromatic nitrogens is 1. The van der Waals surface area contributed by atoms with Crippen LogP contribution in [0.4, 0.5) is 13.2 Å². The molecule has 4 nitrogen and oxygen atoms in total. The maximum atomic E-state index is 12.9. The lowest BCUT2D eigenvalue weighted by molar-refractivity contribution is -0.274. The number of Topliss-reactive ketones (excluding diaryl/α,β-unsaturated/α-hetero) is 2. The van der Waals surface area contributed by atoms with E-state index in [1.54, 1.807) is 28.8 Å². The minimum atomic E-state index is -4.72. The van der Waals surface area contributed by atoms with Crippen molar-refractivity contribution in [1.82, 2.24) is 4.57 Å². The van der Waals surface area contributed by atoms with Crippen molar-refractivity contribution in [2.45, 2.75) is 31.7 Å². The molecule has 0 spiro atoms. The quantitative estimate of drug-likeness (QED) is 0.430.